The first-order chi connectivity index (χ1) is 13.7. The molecule has 0 saturated carbocycles. The molecule has 1 fully saturated rings. The van der Waals surface area contributed by atoms with Gasteiger partial charge >= 0.3 is 5.97 Å². The van der Waals surface area contributed by atoms with Gasteiger partial charge in [0.05, 0.1) is 37.3 Å². The Labute approximate surface area is 164 Å². The van der Waals surface area contributed by atoms with E-state index >= 15 is 0 Å². The summed E-state index contributed by atoms with van der Waals surface area (Å²) >= 11 is 0. The van der Waals surface area contributed by atoms with E-state index in [9.17, 15) is 4.79 Å². The summed E-state index contributed by atoms with van der Waals surface area (Å²) in [7, 11) is 0. The van der Waals surface area contributed by atoms with Crippen LogP contribution in [0.25, 0.3) is 21.9 Å². The molecule has 0 atom stereocenters. The number of hydrogen-bond acceptors (Lipinski definition) is 5. The number of pyridine rings is 1. The van der Waals surface area contributed by atoms with E-state index in [4.69, 9.17) is 9.47 Å². The normalized spacial score (nSPS) is 14.3. The number of aryl methyl sites for hydroxylation is 1. The number of rotatable bonds is 4. The van der Waals surface area contributed by atoms with Crippen LogP contribution in [-0.2, 0) is 9.47 Å². The Balaban J connectivity index is 1.74. The van der Waals surface area contributed by atoms with E-state index in [-0.39, 0.29) is 5.97 Å². The number of carbonyl (C=O) groups excluding carboxylic acids is 1. The number of morpholine rings is 1. The van der Waals surface area contributed by atoms with E-state index in [1.165, 1.54) is 5.39 Å². The van der Waals surface area contributed by atoms with Crippen LogP contribution in [0.5, 0.6) is 0 Å². The molecule has 1 aliphatic heterocycles. The van der Waals surface area contributed by atoms with E-state index in [0.717, 1.165) is 54.1 Å². The lowest BCUT2D eigenvalue weighted by Crippen LogP contribution is -2.36. The first-order valence-corrected chi connectivity index (χ1v) is 9.66. The summed E-state index contributed by atoms with van der Waals surface area (Å²) in [6.45, 7) is 7.48. The molecule has 0 amide bonds. The molecule has 0 spiro atoms. The topological polar surface area (TPSA) is 51.7 Å². The number of hydrogen-bond donors (Lipinski definition) is 0. The zero-order valence-electron chi connectivity index (χ0n) is 16.3. The Morgan fingerprint density at radius 3 is 2.75 bits per heavy atom. The molecule has 5 nitrogen and oxygen atoms in total. The fourth-order valence-corrected chi connectivity index (χ4v) is 3.66. The smallest absolute Gasteiger partial charge is 0.338 e. The summed E-state index contributed by atoms with van der Waals surface area (Å²) in [5.74, 6) is -0.291. The molecule has 5 heteroatoms. The molecular weight excluding hydrogens is 352 g/mol. The summed E-state index contributed by atoms with van der Waals surface area (Å²) < 4.78 is 10.6. The van der Waals surface area contributed by atoms with E-state index in [1.54, 1.807) is 0 Å². The van der Waals surface area contributed by atoms with Gasteiger partial charge in [-0.3, -0.25) is 4.98 Å². The predicted octanol–water partition coefficient (Wildman–Crippen LogP) is 4.22. The Bertz CT molecular complexity index is 1010. The van der Waals surface area contributed by atoms with Gasteiger partial charge in [-0.05, 0) is 48.7 Å². The van der Waals surface area contributed by atoms with Crippen LogP contribution in [-0.4, -0.2) is 43.9 Å². The number of esters is 1. The summed E-state index contributed by atoms with van der Waals surface area (Å²) in [5.41, 5.74) is 4.93. The SMILES string of the molecule is CCOC(=O)c1ccc(C)c(-c2ccc3c(N4CCOCC4)cncc3c2)c1. The summed E-state index contributed by atoms with van der Waals surface area (Å²) in [6.07, 6.45) is 3.83. The number of anilines is 1. The van der Waals surface area contributed by atoms with Crippen LogP contribution in [0.4, 0.5) is 5.69 Å². The third-order valence-corrected chi connectivity index (χ3v) is 5.15. The van der Waals surface area contributed by atoms with Crippen molar-refractivity contribution in [1.29, 1.82) is 0 Å². The fraction of sp³-hybridized carbons (Fsp3) is 0.304. The van der Waals surface area contributed by atoms with Crippen LogP contribution in [0.1, 0.15) is 22.8 Å². The lowest BCUT2D eigenvalue weighted by molar-refractivity contribution is 0.0526. The minimum Gasteiger partial charge on any atom is -0.462 e. The van der Waals surface area contributed by atoms with Crippen molar-refractivity contribution in [3.05, 3.63) is 59.9 Å². The monoisotopic (exact) mass is 376 g/mol. The van der Waals surface area contributed by atoms with E-state index in [0.29, 0.717) is 12.2 Å². The second-order valence-electron chi connectivity index (χ2n) is 6.94. The average molecular weight is 376 g/mol. The van der Waals surface area contributed by atoms with Crippen molar-refractivity contribution in [2.45, 2.75) is 13.8 Å². The van der Waals surface area contributed by atoms with Crippen LogP contribution in [0, 0.1) is 6.92 Å². The van der Waals surface area contributed by atoms with Gasteiger partial charge in [0.15, 0.2) is 0 Å². The maximum atomic E-state index is 12.1. The Morgan fingerprint density at radius 1 is 1.14 bits per heavy atom. The second-order valence-corrected chi connectivity index (χ2v) is 6.94. The van der Waals surface area contributed by atoms with Crippen molar-refractivity contribution in [3.63, 3.8) is 0 Å². The molecule has 0 bridgehead atoms. The number of fused-ring (bicyclic) bond motifs is 1. The van der Waals surface area contributed by atoms with Crippen molar-refractivity contribution < 1.29 is 14.3 Å². The molecule has 4 rings (SSSR count). The van der Waals surface area contributed by atoms with Gasteiger partial charge in [0.1, 0.15) is 0 Å². The molecule has 1 aromatic heterocycles. The number of carbonyl (C=O) groups is 1. The molecule has 1 aliphatic rings. The molecule has 144 valence electrons. The third-order valence-electron chi connectivity index (χ3n) is 5.15. The number of ether oxygens (including phenoxy) is 2. The molecule has 1 saturated heterocycles. The molecular formula is C23H24N2O3. The fourth-order valence-electron chi connectivity index (χ4n) is 3.66. The Hall–Kier alpha value is -2.92. The average Bonchev–Trinajstić information content (AvgIpc) is 2.74. The van der Waals surface area contributed by atoms with Gasteiger partial charge in [-0.15, -0.1) is 0 Å². The van der Waals surface area contributed by atoms with Crippen LogP contribution in [0.3, 0.4) is 0 Å². The number of aromatic nitrogens is 1. The predicted molar refractivity (Wildman–Crippen MR) is 111 cm³/mol. The summed E-state index contributed by atoms with van der Waals surface area (Å²) in [5, 5.41) is 2.27. The van der Waals surface area contributed by atoms with E-state index < -0.39 is 0 Å². The van der Waals surface area contributed by atoms with Crippen molar-refractivity contribution in [2.75, 3.05) is 37.8 Å². The first-order valence-electron chi connectivity index (χ1n) is 9.66. The van der Waals surface area contributed by atoms with Crippen molar-refractivity contribution in [2.24, 2.45) is 0 Å². The van der Waals surface area contributed by atoms with Crippen LogP contribution < -0.4 is 4.90 Å². The quantitative estimate of drug-likeness (QED) is 0.638. The molecule has 2 aromatic carbocycles. The molecule has 0 aliphatic carbocycles. The maximum Gasteiger partial charge on any atom is 0.338 e. The van der Waals surface area contributed by atoms with Gasteiger partial charge in [0.2, 0.25) is 0 Å². The highest BCUT2D eigenvalue weighted by Gasteiger charge is 2.15. The molecule has 2 heterocycles. The Kier molecular flexibility index (Phi) is 5.26. The van der Waals surface area contributed by atoms with Gasteiger partial charge in [0.25, 0.3) is 0 Å². The number of nitrogens with zero attached hydrogens (tertiary/aromatic N) is 2. The van der Waals surface area contributed by atoms with Gasteiger partial charge in [-0.2, -0.15) is 0 Å². The van der Waals surface area contributed by atoms with E-state index in [1.807, 2.05) is 37.5 Å². The minimum absolute atomic E-state index is 0.291. The third kappa shape index (κ3) is 3.58. The summed E-state index contributed by atoms with van der Waals surface area (Å²) in [6, 6.07) is 12.1. The lowest BCUT2D eigenvalue weighted by Gasteiger charge is -2.29. The highest BCUT2D eigenvalue weighted by molar-refractivity contribution is 5.97. The highest BCUT2D eigenvalue weighted by Crippen LogP contribution is 2.32. The van der Waals surface area contributed by atoms with Gasteiger partial charge in [-0.25, -0.2) is 4.79 Å². The zero-order valence-corrected chi connectivity index (χ0v) is 16.3. The maximum absolute atomic E-state index is 12.1. The van der Waals surface area contributed by atoms with E-state index in [2.05, 4.69) is 35.0 Å². The van der Waals surface area contributed by atoms with Gasteiger partial charge in [-0.1, -0.05) is 18.2 Å². The number of benzene rings is 2. The highest BCUT2D eigenvalue weighted by atomic mass is 16.5. The minimum atomic E-state index is -0.291. The largest absolute Gasteiger partial charge is 0.462 e. The molecule has 0 unspecified atom stereocenters. The first kappa shape index (κ1) is 18.4. The Morgan fingerprint density at radius 2 is 1.96 bits per heavy atom. The van der Waals surface area contributed by atoms with Gasteiger partial charge in [0, 0.05) is 30.1 Å². The summed E-state index contributed by atoms with van der Waals surface area (Å²) in [4.78, 5) is 18.9. The van der Waals surface area contributed by atoms with Crippen LogP contribution >= 0.6 is 0 Å². The van der Waals surface area contributed by atoms with Crippen molar-refractivity contribution in [1.82, 2.24) is 4.98 Å². The molecule has 28 heavy (non-hydrogen) atoms. The molecule has 0 radical (unpaired) electrons. The molecule has 0 N–H and O–H groups in total. The zero-order chi connectivity index (χ0) is 19.5. The van der Waals surface area contributed by atoms with Crippen molar-refractivity contribution in [3.8, 4) is 11.1 Å². The van der Waals surface area contributed by atoms with Crippen molar-refractivity contribution >= 4 is 22.4 Å². The van der Waals surface area contributed by atoms with Crippen LogP contribution in [0.2, 0.25) is 0 Å². The standard InChI is InChI=1S/C23H24N2O3/c1-3-28-23(26)18-5-4-16(2)21(13-18)17-6-7-20-19(12-17)14-24-15-22(20)25-8-10-27-11-9-25/h4-7,12-15H,3,8-11H2,1-2H3. The van der Waals surface area contributed by atoms with Crippen LogP contribution in [0.15, 0.2) is 48.8 Å². The second kappa shape index (κ2) is 7.98. The molecule has 3 aromatic rings. The lowest BCUT2D eigenvalue weighted by atomic mass is 9.96. The van der Waals surface area contributed by atoms with Gasteiger partial charge < -0.3 is 14.4 Å².